The van der Waals surface area contributed by atoms with Crippen molar-refractivity contribution < 1.29 is 9.53 Å². The van der Waals surface area contributed by atoms with Gasteiger partial charge in [-0.05, 0) is 69.2 Å². The van der Waals surface area contributed by atoms with Crippen LogP contribution in [0.3, 0.4) is 0 Å². The molecule has 0 aliphatic carbocycles. The Kier molecular flexibility index (Phi) is 7.62. The quantitative estimate of drug-likeness (QED) is 0.496. The van der Waals surface area contributed by atoms with Gasteiger partial charge in [-0.15, -0.1) is 11.3 Å². The number of rotatable bonds is 7. The van der Waals surface area contributed by atoms with Crippen molar-refractivity contribution in [3.8, 4) is 0 Å². The molecule has 0 unspecified atom stereocenters. The summed E-state index contributed by atoms with van der Waals surface area (Å²) < 4.78 is 4.95. The molecule has 0 atom stereocenters. The van der Waals surface area contributed by atoms with Crippen molar-refractivity contribution in [2.75, 3.05) is 35.7 Å². The van der Waals surface area contributed by atoms with Gasteiger partial charge in [0.05, 0.1) is 12.7 Å². The van der Waals surface area contributed by atoms with Gasteiger partial charge in [0, 0.05) is 29.3 Å². The Morgan fingerprint density at radius 3 is 2.30 bits per heavy atom. The molecular weight excluding hydrogens is 378 g/mol. The average molecular weight is 406 g/mol. The number of anilines is 3. The predicted octanol–water partition coefficient (Wildman–Crippen LogP) is 5.06. The van der Waals surface area contributed by atoms with E-state index in [-0.39, 0.29) is 5.97 Å². The molecule has 0 radical (unpaired) electrons. The summed E-state index contributed by atoms with van der Waals surface area (Å²) in [4.78, 5) is 15.6. The number of carbonyl (C=O) groups excluding carboxylic acids is 1. The summed E-state index contributed by atoms with van der Waals surface area (Å²) in [5.74, 6) is -0.343. The molecule has 0 spiro atoms. The second kappa shape index (κ2) is 9.71. The van der Waals surface area contributed by atoms with Gasteiger partial charge < -0.3 is 20.3 Å². The highest BCUT2D eigenvalue weighted by atomic mass is 32.1. The van der Waals surface area contributed by atoms with Crippen molar-refractivity contribution in [3.63, 3.8) is 0 Å². The van der Waals surface area contributed by atoms with Crippen molar-refractivity contribution in [2.45, 2.75) is 34.1 Å². The van der Waals surface area contributed by atoms with Gasteiger partial charge in [0.25, 0.3) is 0 Å². The van der Waals surface area contributed by atoms with E-state index in [4.69, 9.17) is 17.0 Å². The molecule has 5 nitrogen and oxygen atoms in total. The third-order valence-electron chi connectivity index (χ3n) is 4.43. The highest BCUT2D eigenvalue weighted by Gasteiger charge is 2.22. The lowest BCUT2D eigenvalue weighted by Crippen LogP contribution is -2.22. The zero-order chi connectivity index (χ0) is 20.0. The summed E-state index contributed by atoms with van der Waals surface area (Å²) in [6.45, 7) is 10.2. The minimum absolute atomic E-state index is 0.343. The van der Waals surface area contributed by atoms with Crippen LogP contribution in [-0.2, 0) is 11.2 Å². The Morgan fingerprint density at radius 2 is 1.78 bits per heavy atom. The average Bonchev–Trinajstić information content (AvgIpc) is 2.98. The van der Waals surface area contributed by atoms with Crippen LogP contribution in [0.2, 0.25) is 0 Å². The van der Waals surface area contributed by atoms with E-state index < -0.39 is 0 Å². The van der Waals surface area contributed by atoms with Crippen LogP contribution in [0.5, 0.6) is 0 Å². The summed E-state index contributed by atoms with van der Waals surface area (Å²) in [7, 11) is 1.40. The molecule has 146 valence electrons. The third kappa shape index (κ3) is 4.99. The van der Waals surface area contributed by atoms with Crippen LogP contribution >= 0.6 is 23.6 Å². The number of nitrogens with one attached hydrogen (secondary N) is 2. The Hall–Kier alpha value is -2.12. The molecule has 0 aliphatic rings. The van der Waals surface area contributed by atoms with Crippen LogP contribution in [0, 0.1) is 6.92 Å². The summed E-state index contributed by atoms with van der Waals surface area (Å²) >= 11 is 6.96. The Morgan fingerprint density at radius 1 is 1.15 bits per heavy atom. The van der Waals surface area contributed by atoms with Crippen LogP contribution in [-0.4, -0.2) is 31.3 Å². The SMILES string of the molecule is CCc1c(C)sc(NC(=S)Nc2ccc(N(CC)CC)cc2)c1C(=O)OC. The molecule has 2 aromatic rings. The van der Waals surface area contributed by atoms with E-state index in [9.17, 15) is 4.79 Å². The second-order valence-corrected chi connectivity index (χ2v) is 7.62. The normalized spacial score (nSPS) is 10.4. The number of carbonyl (C=O) groups is 1. The summed E-state index contributed by atoms with van der Waals surface area (Å²) in [6, 6.07) is 8.14. The monoisotopic (exact) mass is 405 g/mol. The fourth-order valence-electron chi connectivity index (χ4n) is 3.02. The summed E-state index contributed by atoms with van der Waals surface area (Å²) in [5, 5.41) is 7.50. The number of aryl methyl sites for hydroxylation is 1. The molecule has 0 amide bonds. The lowest BCUT2D eigenvalue weighted by Gasteiger charge is -2.21. The standard InChI is InChI=1S/C20H27N3O2S2/c1-6-16-13(4)27-18(17(16)19(24)25-5)22-20(26)21-14-9-11-15(12-10-14)23(7-2)8-3/h9-12H,6-8H2,1-5H3,(H2,21,22,26). The molecule has 1 aromatic carbocycles. The summed E-state index contributed by atoms with van der Waals surface area (Å²) in [6.07, 6.45) is 0.765. The van der Waals surface area contributed by atoms with Crippen LogP contribution < -0.4 is 15.5 Å². The molecule has 0 aliphatic heterocycles. The first-order chi connectivity index (χ1) is 12.9. The Labute approximate surface area is 170 Å². The number of thiophene rings is 1. The molecule has 0 bridgehead atoms. The number of ether oxygens (including phenoxy) is 1. The molecule has 1 aromatic heterocycles. The highest BCUT2D eigenvalue weighted by molar-refractivity contribution is 7.80. The van der Waals surface area contributed by atoms with E-state index in [1.165, 1.54) is 24.1 Å². The first-order valence-electron chi connectivity index (χ1n) is 9.08. The number of methoxy groups -OCH3 is 1. The zero-order valence-corrected chi connectivity index (χ0v) is 18.1. The molecule has 2 rings (SSSR count). The van der Waals surface area contributed by atoms with Crippen molar-refractivity contribution in [1.82, 2.24) is 0 Å². The van der Waals surface area contributed by atoms with E-state index >= 15 is 0 Å². The van der Waals surface area contributed by atoms with Gasteiger partial charge >= 0.3 is 5.97 Å². The fourth-order valence-corrected chi connectivity index (χ4v) is 4.44. The number of nitrogens with zero attached hydrogens (tertiary/aromatic N) is 1. The van der Waals surface area contributed by atoms with Gasteiger partial charge in [0.2, 0.25) is 0 Å². The maximum atomic E-state index is 12.2. The number of hydrogen-bond donors (Lipinski definition) is 2. The number of thiocarbonyl (C=S) groups is 1. The van der Waals surface area contributed by atoms with Gasteiger partial charge in [0.1, 0.15) is 5.00 Å². The molecule has 0 saturated heterocycles. The number of hydrogen-bond acceptors (Lipinski definition) is 5. The minimum atomic E-state index is -0.343. The maximum absolute atomic E-state index is 12.2. The first-order valence-corrected chi connectivity index (χ1v) is 10.3. The van der Waals surface area contributed by atoms with Crippen LogP contribution in [0.25, 0.3) is 0 Å². The maximum Gasteiger partial charge on any atom is 0.341 e. The molecule has 1 heterocycles. The lowest BCUT2D eigenvalue weighted by atomic mass is 10.1. The van der Waals surface area contributed by atoms with Gasteiger partial charge in [-0.2, -0.15) is 0 Å². The fraction of sp³-hybridized carbons (Fsp3) is 0.400. The number of benzene rings is 1. The largest absolute Gasteiger partial charge is 0.465 e. The molecule has 7 heteroatoms. The number of esters is 1. The predicted molar refractivity (Wildman–Crippen MR) is 120 cm³/mol. The van der Waals surface area contributed by atoms with Crippen molar-refractivity contribution in [3.05, 3.63) is 40.3 Å². The van der Waals surface area contributed by atoms with E-state index in [2.05, 4.69) is 41.5 Å². The van der Waals surface area contributed by atoms with E-state index in [0.717, 1.165) is 35.6 Å². The van der Waals surface area contributed by atoms with E-state index in [0.29, 0.717) is 15.7 Å². The summed E-state index contributed by atoms with van der Waals surface area (Å²) in [5.41, 5.74) is 3.65. The van der Waals surface area contributed by atoms with Gasteiger partial charge in [-0.1, -0.05) is 6.92 Å². The van der Waals surface area contributed by atoms with E-state index in [1.807, 2.05) is 26.0 Å². The van der Waals surface area contributed by atoms with Crippen LogP contribution in [0.4, 0.5) is 16.4 Å². The van der Waals surface area contributed by atoms with Crippen molar-refractivity contribution >= 4 is 51.0 Å². The van der Waals surface area contributed by atoms with Gasteiger partial charge in [0.15, 0.2) is 5.11 Å². The molecule has 2 N–H and O–H groups in total. The minimum Gasteiger partial charge on any atom is -0.465 e. The smallest absolute Gasteiger partial charge is 0.341 e. The zero-order valence-electron chi connectivity index (χ0n) is 16.5. The molecular formula is C20H27N3O2S2. The van der Waals surface area contributed by atoms with Crippen molar-refractivity contribution in [1.29, 1.82) is 0 Å². The Balaban J connectivity index is 2.13. The molecule has 0 fully saturated rings. The van der Waals surface area contributed by atoms with Crippen molar-refractivity contribution in [2.24, 2.45) is 0 Å². The van der Waals surface area contributed by atoms with Crippen LogP contribution in [0.15, 0.2) is 24.3 Å². The Bertz CT molecular complexity index is 796. The van der Waals surface area contributed by atoms with Gasteiger partial charge in [-0.3, -0.25) is 0 Å². The first kappa shape index (κ1) is 21.2. The van der Waals surface area contributed by atoms with Gasteiger partial charge in [-0.25, -0.2) is 4.79 Å². The van der Waals surface area contributed by atoms with E-state index in [1.54, 1.807) is 0 Å². The highest BCUT2D eigenvalue weighted by Crippen LogP contribution is 2.34. The molecule has 27 heavy (non-hydrogen) atoms. The van der Waals surface area contributed by atoms with Crippen LogP contribution in [0.1, 0.15) is 41.6 Å². The third-order valence-corrected chi connectivity index (χ3v) is 5.70. The molecule has 0 saturated carbocycles. The lowest BCUT2D eigenvalue weighted by molar-refractivity contribution is 0.0601. The topological polar surface area (TPSA) is 53.6 Å². The second-order valence-electron chi connectivity index (χ2n) is 5.98.